The van der Waals surface area contributed by atoms with E-state index < -0.39 is 7.12 Å². The number of benzene rings is 14. The van der Waals surface area contributed by atoms with E-state index in [0.29, 0.717) is 46.2 Å². The van der Waals surface area contributed by atoms with Crippen LogP contribution in [0.3, 0.4) is 0 Å². The number of methoxy groups -OCH3 is 1. The summed E-state index contributed by atoms with van der Waals surface area (Å²) in [6, 6.07) is 112. The molecule has 0 spiro atoms. The highest BCUT2D eigenvalue weighted by molar-refractivity contribution is 9.11. The number of rotatable bonds is 11. The number of halogens is 4. The van der Waals surface area contributed by atoms with Crippen LogP contribution in [-0.4, -0.2) is 60.0 Å². The van der Waals surface area contributed by atoms with Crippen molar-refractivity contribution in [1.29, 1.82) is 0 Å². The molecule has 19 heteroatoms. The quantitative estimate of drug-likeness (QED) is 0.0627. The molecule has 19 rings (SSSR count). The molecule has 19 aromatic rings. The molecule has 0 saturated heterocycles. The molecule has 14 nitrogen and oxygen atoms in total. The summed E-state index contributed by atoms with van der Waals surface area (Å²) in [7, 11) is 0.216. The molecule has 0 saturated carbocycles. The Kier molecular flexibility index (Phi) is 22.9. The van der Waals surface area contributed by atoms with Gasteiger partial charge in [-0.25, -0.2) is 29.9 Å². The molecule has 5 heterocycles. The fourth-order valence-corrected chi connectivity index (χ4v) is 13.4. The van der Waals surface area contributed by atoms with Gasteiger partial charge in [-0.3, -0.25) is 0 Å². The molecule has 0 atom stereocenters. The maximum atomic E-state index is 9.12. The number of fused-ring (bicyclic) bond motifs is 9. The summed E-state index contributed by atoms with van der Waals surface area (Å²) in [6.45, 7) is 0. The third-order valence-corrected chi connectivity index (χ3v) is 19.9. The van der Waals surface area contributed by atoms with Crippen LogP contribution in [0.15, 0.2) is 371 Å². The summed E-state index contributed by atoms with van der Waals surface area (Å²) in [5.74, 6) is 5.10. The molecule has 0 aliphatic carbocycles. The maximum Gasteiger partial charge on any atom is 0.488 e. The molecule has 0 aliphatic rings. The lowest BCUT2D eigenvalue weighted by atomic mass is 9.80. The number of amidine groups is 1. The van der Waals surface area contributed by atoms with E-state index in [1.807, 2.05) is 237 Å². The van der Waals surface area contributed by atoms with Crippen LogP contribution >= 0.6 is 59.6 Å². The van der Waals surface area contributed by atoms with Gasteiger partial charge in [0.15, 0.2) is 34.9 Å². The van der Waals surface area contributed by atoms with Crippen LogP contribution in [0.25, 0.3) is 156 Å². The molecule has 0 amide bonds. The predicted molar refractivity (Wildman–Crippen MR) is 460 cm³/mol. The van der Waals surface area contributed by atoms with E-state index in [4.69, 9.17) is 75.5 Å². The molecule has 4 N–H and O–H groups in total. The van der Waals surface area contributed by atoms with Gasteiger partial charge in [0.2, 0.25) is 0 Å². The topological polar surface area (TPSA) is 205 Å². The number of para-hydroxylation sites is 4. The van der Waals surface area contributed by atoms with E-state index in [1.54, 1.807) is 25.3 Å². The Morgan fingerprint density at radius 1 is 0.315 bits per heavy atom. The highest BCUT2D eigenvalue weighted by atomic mass is 79.9. The maximum absolute atomic E-state index is 9.12. The molecular formula is C92H63BBr3ClN8O6. The zero-order valence-corrected chi connectivity index (χ0v) is 64.7. The van der Waals surface area contributed by atoms with Gasteiger partial charge in [0.25, 0.3) is 0 Å². The number of hydrogen-bond donors (Lipinski definition) is 3. The Hall–Kier alpha value is -12.5. The third kappa shape index (κ3) is 17.5. The first-order valence-corrected chi connectivity index (χ1v) is 37.8. The van der Waals surface area contributed by atoms with Gasteiger partial charge in [-0.15, -0.1) is 0 Å². The van der Waals surface area contributed by atoms with Gasteiger partial charge >= 0.3 is 7.12 Å². The lowest BCUT2D eigenvalue weighted by Gasteiger charge is -2.10. The second kappa shape index (κ2) is 34.4. The average molecular weight is 1660 g/mol. The second-order valence-electron chi connectivity index (χ2n) is 25.4. The second-order valence-corrected chi connectivity index (χ2v) is 28.3. The Bertz CT molecular complexity index is 6220. The van der Waals surface area contributed by atoms with E-state index in [9.17, 15) is 0 Å². The number of ether oxygens (including phenoxy) is 1. The summed E-state index contributed by atoms with van der Waals surface area (Å²) >= 11 is 15.4. The third-order valence-electron chi connectivity index (χ3n) is 18.2. The lowest BCUT2D eigenvalue weighted by molar-refractivity contribution is 0.415. The van der Waals surface area contributed by atoms with E-state index >= 15 is 0 Å². The van der Waals surface area contributed by atoms with Crippen LogP contribution in [0.2, 0.25) is 0 Å². The molecule has 0 radical (unpaired) electrons. The number of nitrogens with two attached hydrogens (primary N) is 1. The summed E-state index contributed by atoms with van der Waals surface area (Å²) < 4.78 is 29.0. The Morgan fingerprint density at radius 2 is 0.586 bits per heavy atom. The van der Waals surface area contributed by atoms with Crippen molar-refractivity contribution < 1.29 is 28.0 Å². The monoisotopic (exact) mass is 1660 g/mol. The van der Waals surface area contributed by atoms with Crippen LogP contribution in [0.5, 0.6) is 5.75 Å². The fourth-order valence-electron chi connectivity index (χ4n) is 12.5. The van der Waals surface area contributed by atoms with Crippen molar-refractivity contribution in [3.05, 3.63) is 359 Å². The SMILES string of the molecule is Brc1ccc(-c2nc(-c3ccccc3)nc(-c3ccc(Br)cc3)n2)cc1.COc1ccccc1.NC(=NCl)c1ccc(Br)cc1.OB(O)c1ccc2oc3ccccc3c2c1.c1ccc(-c2nc(-c3ccc(-c4ccc5oc6ccccc6c5c4)cc3)nc(-c3ccc(-c4ccc5oc6ccccc6c5c4)cc3)n2)cc1. The molecule has 0 fully saturated rings. The van der Waals surface area contributed by atoms with Crippen molar-refractivity contribution >= 4 is 144 Å². The first-order chi connectivity index (χ1) is 54.3. The molecule has 0 aliphatic heterocycles. The minimum Gasteiger partial charge on any atom is -0.497 e. The molecule has 0 unspecified atom stereocenters. The van der Waals surface area contributed by atoms with Gasteiger partial charge in [-0.1, -0.05) is 290 Å². The van der Waals surface area contributed by atoms with Gasteiger partial charge in [-0.05, 0) is 125 Å². The summed E-state index contributed by atoms with van der Waals surface area (Å²) in [6.07, 6.45) is 0. The smallest absolute Gasteiger partial charge is 0.488 e. The van der Waals surface area contributed by atoms with Crippen molar-refractivity contribution in [3.63, 3.8) is 0 Å². The van der Waals surface area contributed by atoms with Crippen molar-refractivity contribution in [1.82, 2.24) is 29.9 Å². The molecule has 538 valence electrons. The van der Waals surface area contributed by atoms with Gasteiger partial charge in [0.1, 0.15) is 45.1 Å². The highest BCUT2D eigenvalue weighted by Gasteiger charge is 2.18. The molecule has 0 bridgehead atoms. The van der Waals surface area contributed by atoms with Crippen LogP contribution in [0.4, 0.5) is 0 Å². The minimum atomic E-state index is -1.45. The van der Waals surface area contributed by atoms with E-state index in [2.05, 4.69) is 137 Å². The normalized spacial score (nSPS) is 11.1. The Morgan fingerprint density at radius 3 is 0.919 bits per heavy atom. The Labute approximate surface area is 669 Å². The van der Waals surface area contributed by atoms with E-state index in [0.717, 1.165) is 146 Å². The van der Waals surface area contributed by atoms with Crippen LogP contribution in [-0.2, 0) is 0 Å². The zero-order valence-electron chi connectivity index (χ0n) is 59.2. The number of furan rings is 3. The van der Waals surface area contributed by atoms with Gasteiger partial charge in [-0.2, -0.15) is 4.51 Å². The summed E-state index contributed by atoms with van der Waals surface area (Å²) in [5, 5.41) is 24.6. The largest absolute Gasteiger partial charge is 0.497 e. The Balaban J connectivity index is 0.000000132. The van der Waals surface area contributed by atoms with Crippen LogP contribution in [0, 0.1) is 0 Å². The molecular weight excluding hydrogens is 1600 g/mol. The van der Waals surface area contributed by atoms with Crippen molar-refractivity contribution in [2.75, 3.05) is 7.11 Å². The van der Waals surface area contributed by atoms with Crippen LogP contribution < -0.4 is 15.9 Å². The van der Waals surface area contributed by atoms with Crippen molar-refractivity contribution in [2.24, 2.45) is 10.2 Å². The zero-order chi connectivity index (χ0) is 76.2. The van der Waals surface area contributed by atoms with E-state index in [1.165, 1.54) is 0 Å². The van der Waals surface area contributed by atoms with Gasteiger partial charge in [0.05, 0.1) is 7.11 Å². The number of aromatic nitrogens is 6. The number of nitrogens with zero attached hydrogens (tertiary/aromatic N) is 7. The summed E-state index contributed by atoms with van der Waals surface area (Å²) in [4.78, 5) is 29.0. The number of hydrogen-bond acceptors (Lipinski definition) is 13. The first kappa shape index (κ1) is 74.0. The van der Waals surface area contributed by atoms with E-state index in [-0.39, 0.29) is 0 Å². The van der Waals surface area contributed by atoms with Gasteiger partial charge < -0.3 is 33.8 Å². The standard InChI is InChI=1S/C45H27N3O2.C21H13Br2N3.C12H9BO3.C7H6BrClN2.C7H8O/c1-2-8-30(9-3-1)43-46-44(31-18-14-28(15-19-31)33-22-24-41-37(26-33)35-10-4-6-12-39(35)49-41)48-45(47-43)32-20-16-29(17-21-32)34-23-25-42-38(27-34)36-11-5-7-13-40(36)50-42;22-17-10-6-15(7-11-17)20-24-19(14-4-2-1-3-5-14)25-21(26-20)16-8-12-18(23)13-9-16;14-13(15)8-5-6-12-10(7-8)9-3-1-2-4-11(9)16-12;8-6-3-1-5(2-4-6)7(10)11-9;1-8-7-5-3-2-4-6-7/h1-27H;1-13H;1-7,14-15H;1-4H,(H2,10,11);2-6H,1H3. The predicted octanol–water partition coefficient (Wildman–Crippen LogP) is 23.7. The minimum absolute atomic E-state index is 0.333. The van der Waals surface area contributed by atoms with Crippen molar-refractivity contribution in [2.45, 2.75) is 0 Å². The lowest BCUT2D eigenvalue weighted by Crippen LogP contribution is -2.29. The molecule has 111 heavy (non-hydrogen) atoms. The highest BCUT2D eigenvalue weighted by Crippen LogP contribution is 2.37. The molecule has 14 aromatic carbocycles. The van der Waals surface area contributed by atoms with Crippen molar-refractivity contribution in [3.8, 4) is 96.3 Å². The first-order valence-electron chi connectivity index (χ1n) is 35.1. The van der Waals surface area contributed by atoms with Gasteiger partial charge in [0, 0.05) is 96.5 Å². The van der Waals surface area contributed by atoms with Crippen LogP contribution in [0.1, 0.15) is 5.56 Å². The average Bonchev–Trinajstić information content (AvgIpc) is 1.74. The molecule has 5 aromatic heterocycles. The fraction of sp³-hybridized carbons (Fsp3) is 0.0109. The summed E-state index contributed by atoms with van der Waals surface area (Å²) in [5.41, 5.74) is 22.0.